The number of ether oxygens (including phenoxy) is 2. The molecule has 3 N–H and O–H groups in total. The van der Waals surface area contributed by atoms with Gasteiger partial charge in [-0.2, -0.15) is 0 Å². The van der Waals surface area contributed by atoms with Gasteiger partial charge in [-0.25, -0.2) is 0 Å². The average Bonchev–Trinajstić information content (AvgIpc) is 3.64. The molecule has 8 rings (SSSR count). The van der Waals surface area contributed by atoms with Gasteiger partial charge in [-0.1, -0.05) is 51.0 Å². The summed E-state index contributed by atoms with van der Waals surface area (Å²) in [5.41, 5.74) is -1.95. The summed E-state index contributed by atoms with van der Waals surface area (Å²) in [5, 5.41) is 35.2. The first-order chi connectivity index (χ1) is 26.9. The van der Waals surface area contributed by atoms with E-state index in [2.05, 4.69) is 20.8 Å². The number of esters is 2. The average molecular weight is 787 g/mol. The zero-order chi connectivity index (χ0) is 40.9. The van der Waals surface area contributed by atoms with Crippen molar-refractivity contribution in [2.24, 2.45) is 63.1 Å². The van der Waals surface area contributed by atoms with Crippen molar-refractivity contribution in [1.82, 2.24) is 0 Å². The van der Waals surface area contributed by atoms with Crippen LogP contribution in [0.4, 0.5) is 0 Å². The van der Waals surface area contributed by atoms with Crippen LogP contribution >= 0.6 is 0 Å². The minimum atomic E-state index is -1.80. The predicted molar refractivity (Wildman–Crippen MR) is 206 cm³/mol. The van der Waals surface area contributed by atoms with E-state index in [9.17, 15) is 44.1 Å². The second kappa shape index (κ2) is 14.0. The molecule has 0 aliphatic heterocycles. The Balaban J connectivity index is 0.816. The Morgan fingerprint density at radius 2 is 1.23 bits per heavy atom. The van der Waals surface area contributed by atoms with Gasteiger partial charge in [0, 0.05) is 34.0 Å². The summed E-state index contributed by atoms with van der Waals surface area (Å²) in [6.45, 7) is 7.03. The molecule has 8 aliphatic carbocycles. The molecule has 0 saturated heterocycles. The number of rotatable bonds is 9. The van der Waals surface area contributed by atoms with Gasteiger partial charge >= 0.3 is 11.9 Å². The van der Waals surface area contributed by atoms with Crippen molar-refractivity contribution >= 4 is 35.1 Å². The summed E-state index contributed by atoms with van der Waals surface area (Å²) < 4.78 is 10.6. The fraction of sp³-hybridized carbons (Fsp3) is 0.696. The third-order valence-corrected chi connectivity index (χ3v) is 17.3. The highest BCUT2D eigenvalue weighted by molar-refractivity contribution is 6.01. The molecule has 0 amide bonds. The molecular weight excluding hydrogens is 728 g/mol. The fourth-order valence-corrected chi connectivity index (χ4v) is 14.5. The Labute approximate surface area is 334 Å². The highest BCUT2D eigenvalue weighted by Gasteiger charge is 2.68. The molecule has 0 aromatic rings. The molecular formula is C46H58O11. The number of aliphatic hydroxyl groups excluding tert-OH is 2. The number of fused-ring (bicyclic) bond motifs is 10. The van der Waals surface area contributed by atoms with Gasteiger partial charge in [-0.15, -0.1) is 0 Å². The number of Topliss-reactive ketones (excluding diaryl/α,β-unsaturated/α-hetero) is 2. The first kappa shape index (κ1) is 40.2. The van der Waals surface area contributed by atoms with E-state index in [0.29, 0.717) is 25.7 Å². The van der Waals surface area contributed by atoms with E-state index >= 15 is 0 Å². The Bertz CT molecular complexity index is 1910. The van der Waals surface area contributed by atoms with Crippen LogP contribution in [-0.4, -0.2) is 81.4 Å². The molecule has 6 unspecified atom stereocenters. The molecule has 308 valence electrons. The lowest BCUT2D eigenvalue weighted by molar-refractivity contribution is -0.181. The molecule has 0 radical (unpaired) electrons. The van der Waals surface area contributed by atoms with E-state index in [1.807, 2.05) is 19.1 Å². The van der Waals surface area contributed by atoms with Crippen molar-refractivity contribution < 1.29 is 53.6 Å². The highest BCUT2D eigenvalue weighted by atomic mass is 16.5. The van der Waals surface area contributed by atoms with Crippen molar-refractivity contribution in [2.75, 3.05) is 13.2 Å². The maximum atomic E-state index is 13.7. The molecule has 0 bridgehead atoms. The van der Waals surface area contributed by atoms with Gasteiger partial charge in [0.15, 0.2) is 24.0 Å². The zero-order valence-electron chi connectivity index (χ0n) is 33.7. The first-order valence-corrected chi connectivity index (χ1v) is 21.2. The van der Waals surface area contributed by atoms with Gasteiger partial charge < -0.3 is 24.8 Å². The molecule has 6 fully saturated rings. The minimum Gasteiger partial charge on any atom is -0.458 e. The Morgan fingerprint density at radius 3 is 1.81 bits per heavy atom. The first-order valence-electron chi connectivity index (χ1n) is 21.2. The van der Waals surface area contributed by atoms with Crippen molar-refractivity contribution in [3.63, 3.8) is 0 Å². The second-order valence-electron chi connectivity index (χ2n) is 19.8. The molecule has 0 spiro atoms. The second-order valence-corrected chi connectivity index (χ2v) is 19.8. The number of carbonyl (C=O) groups excluding carboxylic acids is 6. The molecule has 0 heterocycles. The number of hydrogen-bond acceptors (Lipinski definition) is 11. The van der Waals surface area contributed by atoms with Crippen LogP contribution in [0.1, 0.15) is 105 Å². The normalized spacial score (nSPS) is 45.3. The Morgan fingerprint density at radius 1 is 0.702 bits per heavy atom. The lowest BCUT2D eigenvalue weighted by Crippen LogP contribution is -2.61. The fourth-order valence-electron chi connectivity index (χ4n) is 14.5. The van der Waals surface area contributed by atoms with E-state index in [1.54, 1.807) is 24.3 Å². The molecule has 0 aromatic heterocycles. The van der Waals surface area contributed by atoms with Crippen LogP contribution in [0.2, 0.25) is 0 Å². The molecule has 14 atom stereocenters. The molecule has 11 heteroatoms. The van der Waals surface area contributed by atoms with Gasteiger partial charge in [0.2, 0.25) is 5.78 Å². The van der Waals surface area contributed by atoms with Gasteiger partial charge in [0.05, 0.1) is 25.0 Å². The predicted octanol–water partition coefficient (Wildman–Crippen LogP) is 4.90. The van der Waals surface area contributed by atoms with Gasteiger partial charge in [-0.3, -0.25) is 28.8 Å². The summed E-state index contributed by atoms with van der Waals surface area (Å²) in [4.78, 5) is 76.9. The number of aliphatic hydroxyl groups is 3. The SMILES string of the molecule is C[C@]12C=CC(=O)C=C1CCC1C2[C@@H](O)C[C@@]2(C)C1CC[C@@H]2C(=O)COC(=O)CCC(=O)OCC(=O)[C@@]1(O)CCC2C3CCC4=CC(=O)C=C[C@]4(C)C3[C@@H](O)C[C@@]21C. The summed E-state index contributed by atoms with van der Waals surface area (Å²) in [6, 6.07) is 0. The lowest BCUT2D eigenvalue weighted by atomic mass is 9.46. The van der Waals surface area contributed by atoms with E-state index in [1.165, 1.54) is 0 Å². The van der Waals surface area contributed by atoms with E-state index in [-0.39, 0.29) is 84.5 Å². The molecule has 6 saturated carbocycles. The van der Waals surface area contributed by atoms with Crippen LogP contribution in [0.5, 0.6) is 0 Å². The topological polar surface area (TPSA) is 182 Å². The summed E-state index contributed by atoms with van der Waals surface area (Å²) in [6.07, 6.45) is 14.3. The van der Waals surface area contributed by atoms with E-state index in [4.69, 9.17) is 9.47 Å². The summed E-state index contributed by atoms with van der Waals surface area (Å²) in [7, 11) is 0. The Kier molecular flexibility index (Phi) is 9.92. The number of carbonyl (C=O) groups is 6. The summed E-state index contributed by atoms with van der Waals surface area (Å²) in [5.74, 6) is -2.56. The number of ketones is 4. The molecule has 8 aliphatic rings. The van der Waals surface area contributed by atoms with Crippen LogP contribution < -0.4 is 0 Å². The van der Waals surface area contributed by atoms with E-state index in [0.717, 1.165) is 36.8 Å². The van der Waals surface area contributed by atoms with Crippen LogP contribution in [0.3, 0.4) is 0 Å². The van der Waals surface area contributed by atoms with Crippen LogP contribution in [-0.2, 0) is 38.2 Å². The van der Waals surface area contributed by atoms with Crippen LogP contribution in [0.15, 0.2) is 47.6 Å². The number of allylic oxidation sites excluding steroid dienone is 8. The van der Waals surface area contributed by atoms with Crippen LogP contribution in [0, 0.1) is 63.1 Å². The standard InChI is InChI=1S/C46H58O11/c1-42-16-13-27(47)19-25(42)5-7-29-31-9-10-33(44(31,3)21-34(49)40(29)42)36(51)23-56-38(53)11-12-39(54)57-24-37(52)46(55)18-15-32-30-8-6-26-20-28(48)14-17-43(26,2)41(30)35(50)22-45(32,46)4/h13-14,16-17,19-20,29-35,40-41,49-50,55H,5-12,15,18,21-24H2,1-4H3/t29?,30?,31?,32?,33-,34+,35+,40?,41?,42+,43+,44+,45+,46+/m1/s1. The minimum absolute atomic E-state index is 0.0139. The van der Waals surface area contributed by atoms with Crippen LogP contribution in [0.25, 0.3) is 0 Å². The van der Waals surface area contributed by atoms with Crippen molar-refractivity contribution in [2.45, 2.75) is 123 Å². The third kappa shape index (κ3) is 6.14. The van der Waals surface area contributed by atoms with Crippen molar-refractivity contribution in [3.05, 3.63) is 47.6 Å². The molecule has 0 aromatic carbocycles. The smallest absolute Gasteiger partial charge is 0.306 e. The monoisotopic (exact) mass is 786 g/mol. The molecule has 57 heavy (non-hydrogen) atoms. The maximum absolute atomic E-state index is 13.7. The summed E-state index contributed by atoms with van der Waals surface area (Å²) >= 11 is 0. The quantitative estimate of drug-likeness (QED) is 0.271. The van der Waals surface area contributed by atoms with Gasteiger partial charge in [-0.05, 0) is 118 Å². The maximum Gasteiger partial charge on any atom is 0.306 e. The van der Waals surface area contributed by atoms with Crippen molar-refractivity contribution in [1.29, 1.82) is 0 Å². The van der Waals surface area contributed by atoms with Gasteiger partial charge in [0.1, 0.15) is 12.2 Å². The number of hydrogen-bond donors (Lipinski definition) is 3. The Hall–Kier alpha value is -3.54. The highest BCUT2D eigenvalue weighted by Crippen LogP contribution is 2.68. The van der Waals surface area contributed by atoms with Crippen molar-refractivity contribution in [3.8, 4) is 0 Å². The molecule has 11 nitrogen and oxygen atoms in total. The largest absolute Gasteiger partial charge is 0.458 e. The third-order valence-electron chi connectivity index (χ3n) is 17.3. The lowest BCUT2D eigenvalue weighted by Gasteiger charge is -2.59. The zero-order valence-corrected chi connectivity index (χ0v) is 33.7. The van der Waals surface area contributed by atoms with E-state index < -0.39 is 70.4 Å². The van der Waals surface area contributed by atoms with Gasteiger partial charge in [0.25, 0.3) is 0 Å².